The first-order chi connectivity index (χ1) is 11.5. The van der Waals surface area contributed by atoms with Crippen LogP contribution in [0.25, 0.3) is 10.9 Å². The van der Waals surface area contributed by atoms with Gasteiger partial charge in [-0.3, -0.25) is 4.79 Å². The summed E-state index contributed by atoms with van der Waals surface area (Å²) in [5.74, 6) is -0.139. The predicted octanol–water partition coefficient (Wildman–Crippen LogP) is 4.59. The summed E-state index contributed by atoms with van der Waals surface area (Å²) in [5.41, 5.74) is 1.99. The lowest BCUT2D eigenvalue weighted by atomic mass is 10.0. The number of carbonyl (C=O) groups excluding carboxylic acids is 1. The SMILES string of the molecule is Cc1[nH]c2ccc(F)cc2c1C(=O)NC(CC(C)C)c1nccs1. The second-order valence-electron chi connectivity index (χ2n) is 6.34. The molecule has 3 rings (SSSR count). The molecule has 2 N–H and O–H groups in total. The zero-order valence-electron chi connectivity index (χ0n) is 13.9. The molecule has 1 atom stereocenters. The van der Waals surface area contributed by atoms with Crippen LogP contribution in [0.2, 0.25) is 0 Å². The molecule has 0 bridgehead atoms. The van der Waals surface area contributed by atoms with Gasteiger partial charge in [0.25, 0.3) is 5.91 Å². The van der Waals surface area contributed by atoms with Crippen molar-refractivity contribution in [1.82, 2.24) is 15.3 Å². The quantitative estimate of drug-likeness (QED) is 0.710. The Morgan fingerprint density at radius 2 is 2.21 bits per heavy atom. The number of thiazole rings is 1. The number of nitrogens with zero attached hydrogens (tertiary/aromatic N) is 1. The van der Waals surface area contributed by atoms with Crippen molar-refractivity contribution in [3.05, 3.63) is 51.9 Å². The minimum atomic E-state index is -0.353. The van der Waals surface area contributed by atoms with E-state index in [0.717, 1.165) is 22.6 Å². The molecule has 0 radical (unpaired) electrons. The monoisotopic (exact) mass is 345 g/mol. The van der Waals surface area contributed by atoms with E-state index < -0.39 is 0 Å². The number of H-pyrrole nitrogens is 1. The van der Waals surface area contributed by atoms with Crippen molar-refractivity contribution in [2.75, 3.05) is 0 Å². The lowest BCUT2D eigenvalue weighted by Gasteiger charge is -2.18. The van der Waals surface area contributed by atoms with E-state index in [1.54, 1.807) is 12.3 Å². The van der Waals surface area contributed by atoms with Crippen LogP contribution in [0.1, 0.15) is 47.4 Å². The molecule has 126 valence electrons. The van der Waals surface area contributed by atoms with Gasteiger partial charge in [0.15, 0.2) is 0 Å². The number of rotatable bonds is 5. The third-order valence-corrected chi connectivity index (χ3v) is 4.83. The van der Waals surface area contributed by atoms with Crippen molar-refractivity contribution in [2.24, 2.45) is 5.92 Å². The average molecular weight is 345 g/mol. The fourth-order valence-corrected chi connectivity index (χ4v) is 3.62. The zero-order valence-corrected chi connectivity index (χ0v) is 14.7. The van der Waals surface area contributed by atoms with Crippen LogP contribution < -0.4 is 5.32 Å². The number of nitrogens with one attached hydrogen (secondary N) is 2. The van der Waals surface area contributed by atoms with Crippen LogP contribution in [-0.2, 0) is 0 Å². The maximum atomic E-state index is 13.6. The van der Waals surface area contributed by atoms with Crippen LogP contribution >= 0.6 is 11.3 Å². The number of fused-ring (bicyclic) bond motifs is 1. The van der Waals surface area contributed by atoms with E-state index in [2.05, 4.69) is 29.1 Å². The van der Waals surface area contributed by atoms with Crippen LogP contribution in [0.5, 0.6) is 0 Å². The number of aryl methyl sites for hydroxylation is 1. The molecule has 1 amide bonds. The van der Waals surface area contributed by atoms with Gasteiger partial charge in [-0.15, -0.1) is 11.3 Å². The highest BCUT2D eigenvalue weighted by molar-refractivity contribution is 7.09. The van der Waals surface area contributed by atoms with E-state index in [1.165, 1.54) is 23.5 Å². The third-order valence-electron chi connectivity index (χ3n) is 3.94. The Kier molecular flexibility index (Phi) is 4.66. The van der Waals surface area contributed by atoms with Gasteiger partial charge in [0.2, 0.25) is 0 Å². The topological polar surface area (TPSA) is 57.8 Å². The van der Waals surface area contributed by atoms with Crippen LogP contribution in [-0.4, -0.2) is 15.9 Å². The maximum absolute atomic E-state index is 13.6. The molecule has 0 saturated heterocycles. The van der Waals surface area contributed by atoms with Crippen LogP contribution in [0, 0.1) is 18.7 Å². The Hall–Kier alpha value is -2.21. The van der Waals surface area contributed by atoms with Gasteiger partial charge in [0.1, 0.15) is 10.8 Å². The van der Waals surface area contributed by atoms with Crippen LogP contribution in [0.15, 0.2) is 29.8 Å². The number of hydrogen-bond acceptors (Lipinski definition) is 3. The number of carbonyl (C=O) groups is 1. The largest absolute Gasteiger partial charge is 0.358 e. The standard InChI is InChI=1S/C18H20FN3OS/c1-10(2)8-15(18-20-6-7-24-18)22-17(23)16-11(3)21-14-5-4-12(19)9-13(14)16/h4-7,9-10,15,21H,8H2,1-3H3,(H,22,23). The Morgan fingerprint density at radius 1 is 1.42 bits per heavy atom. The lowest BCUT2D eigenvalue weighted by Crippen LogP contribution is -2.29. The van der Waals surface area contributed by atoms with E-state index in [0.29, 0.717) is 16.9 Å². The van der Waals surface area contributed by atoms with Gasteiger partial charge in [-0.2, -0.15) is 0 Å². The zero-order chi connectivity index (χ0) is 17.3. The highest BCUT2D eigenvalue weighted by atomic mass is 32.1. The molecule has 4 nitrogen and oxygen atoms in total. The van der Waals surface area contributed by atoms with Gasteiger partial charge in [0, 0.05) is 28.2 Å². The Morgan fingerprint density at radius 3 is 2.88 bits per heavy atom. The molecule has 0 aliphatic rings. The highest BCUT2D eigenvalue weighted by Gasteiger charge is 2.22. The van der Waals surface area contributed by atoms with E-state index in [9.17, 15) is 9.18 Å². The molecule has 0 fully saturated rings. The van der Waals surface area contributed by atoms with E-state index in [4.69, 9.17) is 0 Å². The normalized spacial score (nSPS) is 12.7. The number of hydrogen-bond donors (Lipinski definition) is 2. The molecule has 0 aliphatic carbocycles. The van der Waals surface area contributed by atoms with Crippen molar-refractivity contribution < 1.29 is 9.18 Å². The van der Waals surface area contributed by atoms with Crippen molar-refractivity contribution >= 4 is 28.1 Å². The van der Waals surface area contributed by atoms with Gasteiger partial charge in [-0.05, 0) is 37.5 Å². The molecule has 0 spiro atoms. The maximum Gasteiger partial charge on any atom is 0.254 e. The van der Waals surface area contributed by atoms with Gasteiger partial charge in [-0.1, -0.05) is 13.8 Å². The van der Waals surface area contributed by atoms with Gasteiger partial charge >= 0.3 is 0 Å². The Bertz CT molecular complexity index is 855. The van der Waals surface area contributed by atoms with Crippen molar-refractivity contribution in [1.29, 1.82) is 0 Å². The van der Waals surface area contributed by atoms with E-state index >= 15 is 0 Å². The van der Waals surface area contributed by atoms with Crippen molar-refractivity contribution in [3.63, 3.8) is 0 Å². The third kappa shape index (κ3) is 3.33. The number of aromatic nitrogens is 2. The molecule has 24 heavy (non-hydrogen) atoms. The summed E-state index contributed by atoms with van der Waals surface area (Å²) in [5, 5.41) is 6.47. The lowest BCUT2D eigenvalue weighted by molar-refractivity contribution is 0.0933. The summed E-state index contributed by atoms with van der Waals surface area (Å²) < 4.78 is 13.6. The molecule has 1 aromatic carbocycles. The van der Waals surface area contributed by atoms with Crippen LogP contribution in [0.4, 0.5) is 4.39 Å². The summed E-state index contributed by atoms with van der Waals surface area (Å²) in [6.45, 7) is 6.05. The smallest absolute Gasteiger partial charge is 0.254 e. The fraction of sp³-hybridized carbons (Fsp3) is 0.333. The molecule has 6 heteroatoms. The number of halogens is 1. The molecule has 0 saturated carbocycles. The minimum absolute atomic E-state index is 0.143. The Balaban J connectivity index is 1.93. The Labute approximate surface area is 144 Å². The molecule has 3 aromatic rings. The number of benzene rings is 1. The molecular formula is C18H20FN3OS. The van der Waals surface area contributed by atoms with E-state index in [1.807, 2.05) is 12.3 Å². The fourth-order valence-electron chi connectivity index (χ4n) is 2.92. The molecule has 2 aromatic heterocycles. The second kappa shape index (κ2) is 6.73. The highest BCUT2D eigenvalue weighted by Crippen LogP contribution is 2.27. The van der Waals surface area contributed by atoms with E-state index in [-0.39, 0.29) is 17.8 Å². The summed E-state index contributed by atoms with van der Waals surface area (Å²) in [4.78, 5) is 20.3. The minimum Gasteiger partial charge on any atom is -0.358 e. The molecular weight excluding hydrogens is 325 g/mol. The van der Waals surface area contributed by atoms with Gasteiger partial charge in [-0.25, -0.2) is 9.37 Å². The summed E-state index contributed by atoms with van der Waals surface area (Å²) in [7, 11) is 0. The number of amides is 1. The second-order valence-corrected chi connectivity index (χ2v) is 7.27. The molecule has 2 heterocycles. The summed E-state index contributed by atoms with van der Waals surface area (Å²) >= 11 is 1.53. The first-order valence-corrected chi connectivity index (χ1v) is 8.81. The summed E-state index contributed by atoms with van der Waals surface area (Å²) in [6.07, 6.45) is 2.54. The average Bonchev–Trinajstić information content (AvgIpc) is 3.12. The first-order valence-electron chi connectivity index (χ1n) is 7.93. The summed E-state index contributed by atoms with van der Waals surface area (Å²) in [6, 6.07) is 4.29. The molecule has 0 aliphatic heterocycles. The van der Waals surface area contributed by atoms with Crippen molar-refractivity contribution in [3.8, 4) is 0 Å². The predicted molar refractivity (Wildman–Crippen MR) is 94.8 cm³/mol. The van der Waals surface area contributed by atoms with Crippen molar-refractivity contribution in [2.45, 2.75) is 33.2 Å². The van der Waals surface area contributed by atoms with Crippen LogP contribution in [0.3, 0.4) is 0 Å². The number of aromatic amines is 1. The molecule has 1 unspecified atom stereocenters. The van der Waals surface area contributed by atoms with Gasteiger partial charge in [0.05, 0.1) is 11.6 Å². The van der Waals surface area contributed by atoms with Gasteiger partial charge < -0.3 is 10.3 Å². The first kappa shape index (κ1) is 16.6.